The number of benzene rings is 2. The van der Waals surface area contributed by atoms with Gasteiger partial charge in [-0.05, 0) is 73.5 Å². The van der Waals surface area contributed by atoms with Gasteiger partial charge >= 0.3 is 0 Å². The van der Waals surface area contributed by atoms with E-state index in [1.165, 1.54) is 0 Å². The molecule has 138 valence electrons. The second-order valence-electron chi connectivity index (χ2n) is 6.18. The van der Waals surface area contributed by atoms with Crippen LogP contribution in [0.25, 0.3) is 22.6 Å². The summed E-state index contributed by atoms with van der Waals surface area (Å²) in [4.78, 5) is 8.06. The van der Waals surface area contributed by atoms with Gasteiger partial charge in [0.1, 0.15) is 11.5 Å². The van der Waals surface area contributed by atoms with Crippen molar-refractivity contribution in [3.63, 3.8) is 0 Å². The molecule has 0 saturated carbocycles. The fraction of sp³-hybridized carbons (Fsp3) is 0.100. The summed E-state index contributed by atoms with van der Waals surface area (Å²) in [6.07, 6.45) is 0. The maximum absolute atomic E-state index is 6.19. The van der Waals surface area contributed by atoms with E-state index in [-0.39, 0.29) is 11.9 Å². The molecule has 7 heteroatoms. The third kappa shape index (κ3) is 3.92. The van der Waals surface area contributed by atoms with Gasteiger partial charge < -0.3 is 27.4 Å². The summed E-state index contributed by atoms with van der Waals surface area (Å²) >= 11 is 0. The van der Waals surface area contributed by atoms with Crippen LogP contribution in [0, 0.1) is 13.8 Å². The number of nitrogens with zero attached hydrogens (tertiary/aromatic N) is 2. The SMILES string of the molecule is Cc1c(-c2ccc(N=C(N)N)cc2)oc(-c2ccc(N=C(N)N)cc2)c1C. The monoisotopic (exact) mass is 362 g/mol. The molecule has 0 radical (unpaired) electrons. The van der Waals surface area contributed by atoms with Gasteiger partial charge in [-0.2, -0.15) is 0 Å². The van der Waals surface area contributed by atoms with Crippen LogP contribution in [0.3, 0.4) is 0 Å². The van der Waals surface area contributed by atoms with Crippen LogP contribution in [0.2, 0.25) is 0 Å². The Bertz CT molecular complexity index is 924. The van der Waals surface area contributed by atoms with Gasteiger partial charge in [0.05, 0.1) is 11.4 Å². The highest BCUT2D eigenvalue weighted by atomic mass is 16.3. The first-order valence-corrected chi connectivity index (χ1v) is 8.35. The molecule has 0 spiro atoms. The van der Waals surface area contributed by atoms with Crippen LogP contribution in [0.15, 0.2) is 62.9 Å². The van der Waals surface area contributed by atoms with E-state index in [1.54, 1.807) is 0 Å². The average Bonchev–Trinajstić information content (AvgIpc) is 2.91. The predicted molar refractivity (Wildman–Crippen MR) is 110 cm³/mol. The maximum Gasteiger partial charge on any atom is 0.191 e. The summed E-state index contributed by atoms with van der Waals surface area (Å²) in [6, 6.07) is 15.1. The molecule has 1 aromatic heterocycles. The number of hydrogen-bond acceptors (Lipinski definition) is 3. The average molecular weight is 362 g/mol. The lowest BCUT2D eigenvalue weighted by Gasteiger charge is -2.01. The van der Waals surface area contributed by atoms with E-state index in [0.29, 0.717) is 11.4 Å². The van der Waals surface area contributed by atoms with Gasteiger partial charge in [-0.1, -0.05) is 0 Å². The topological polar surface area (TPSA) is 142 Å². The molecular weight excluding hydrogens is 340 g/mol. The van der Waals surface area contributed by atoms with E-state index in [0.717, 1.165) is 33.8 Å². The lowest BCUT2D eigenvalue weighted by molar-refractivity contribution is 0.594. The van der Waals surface area contributed by atoms with Crippen molar-refractivity contribution in [2.24, 2.45) is 32.9 Å². The fourth-order valence-electron chi connectivity index (χ4n) is 2.82. The molecule has 0 atom stereocenters. The van der Waals surface area contributed by atoms with Crippen molar-refractivity contribution in [2.75, 3.05) is 0 Å². The quantitative estimate of drug-likeness (QED) is 0.417. The predicted octanol–water partition coefficient (Wildman–Crippen LogP) is 3.04. The summed E-state index contributed by atoms with van der Waals surface area (Å²) in [5.41, 5.74) is 27.1. The number of furan rings is 1. The molecule has 0 unspecified atom stereocenters. The van der Waals surface area contributed by atoms with Gasteiger partial charge in [0.25, 0.3) is 0 Å². The molecule has 2 aromatic carbocycles. The number of hydrogen-bond donors (Lipinski definition) is 4. The van der Waals surface area contributed by atoms with Crippen molar-refractivity contribution < 1.29 is 4.42 Å². The molecule has 27 heavy (non-hydrogen) atoms. The first-order chi connectivity index (χ1) is 12.8. The van der Waals surface area contributed by atoms with Crippen molar-refractivity contribution in [3.05, 3.63) is 59.7 Å². The highest BCUT2D eigenvalue weighted by Crippen LogP contribution is 2.37. The molecule has 1 heterocycles. The summed E-state index contributed by atoms with van der Waals surface area (Å²) in [7, 11) is 0. The van der Waals surface area contributed by atoms with Crippen molar-refractivity contribution in [3.8, 4) is 22.6 Å². The molecule has 0 aliphatic heterocycles. The zero-order chi connectivity index (χ0) is 19.6. The van der Waals surface area contributed by atoms with Crippen LogP contribution in [0.1, 0.15) is 11.1 Å². The number of rotatable bonds is 4. The summed E-state index contributed by atoms with van der Waals surface area (Å²) in [5.74, 6) is 1.68. The minimum atomic E-state index is 0.0271. The van der Waals surface area contributed by atoms with Gasteiger partial charge in [0.15, 0.2) is 11.9 Å². The van der Waals surface area contributed by atoms with Crippen LogP contribution in [0.4, 0.5) is 11.4 Å². The molecule has 0 fully saturated rings. The summed E-state index contributed by atoms with van der Waals surface area (Å²) in [6.45, 7) is 4.07. The largest absolute Gasteiger partial charge is 0.456 e. The Morgan fingerprint density at radius 1 is 0.630 bits per heavy atom. The third-order valence-electron chi connectivity index (χ3n) is 4.22. The number of guanidine groups is 2. The Kier molecular flexibility index (Phi) is 4.85. The normalized spacial score (nSPS) is 10.4. The second-order valence-corrected chi connectivity index (χ2v) is 6.18. The standard InChI is InChI=1S/C20H22N6O/c1-11-12(2)18(14-5-9-16(10-6-14)26-20(23)24)27-17(11)13-3-7-15(8-4-13)25-19(21)22/h3-10H,1-2H3,(H4,21,22,25)(H4,23,24,26). The molecule has 0 aliphatic rings. The molecule has 0 saturated heterocycles. The van der Waals surface area contributed by atoms with E-state index >= 15 is 0 Å². The fourth-order valence-corrected chi connectivity index (χ4v) is 2.82. The van der Waals surface area contributed by atoms with Crippen molar-refractivity contribution in [1.82, 2.24) is 0 Å². The van der Waals surface area contributed by atoms with Gasteiger partial charge in [0, 0.05) is 11.1 Å². The smallest absolute Gasteiger partial charge is 0.191 e. The van der Waals surface area contributed by atoms with Crippen LogP contribution in [0.5, 0.6) is 0 Å². The maximum atomic E-state index is 6.19. The zero-order valence-electron chi connectivity index (χ0n) is 15.2. The Balaban J connectivity index is 1.97. The minimum Gasteiger partial charge on any atom is -0.456 e. The van der Waals surface area contributed by atoms with Crippen molar-refractivity contribution in [2.45, 2.75) is 13.8 Å². The molecule has 0 bridgehead atoms. The van der Waals surface area contributed by atoms with Gasteiger partial charge in [0.2, 0.25) is 0 Å². The third-order valence-corrected chi connectivity index (χ3v) is 4.22. The van der Waals surface area contributed by atoms with E-state index in [2.05, 4.69) is 9.98 Å². The van der Waals surface area contributed by atoms with E-state index < -0.39 is 0 Å². The molecule has 7 nitrogen and oxygen atoms in total. The molecular formula is C20H22N6O. The Morgan fingerprint density at radius 2 is 0.963 bits per heavy atom. The number of nitrogens with two attached hydrogens (primary N) is 4. The van der Waals surface area contributed by atoms with Gasteiger partial charge in [-0.15, -0.1) is 0 Å². The van der Waals surface area contributed by atoms with Crippen LogP contribution < -0.4 is 22.9 Å². The first kappa shape index (κ1) is 18.1. The van der Waals surface area contributed by atoms with Crippen molar-refractivity contribution >= 4 is 23.3 Å². The number of aliphatic imine (C=N–C) groups is 2. The molecule has 3 aromatic rings. The molecule has 0 aliphatic carbocycles. The highest BCUT2D eigenvalue weighted by Gasteiger charge is 2.16. The van der Waals surface area contributed by atoms with E-state index in [9.17, 15) is 0 Å². The molecule has 3 rings (SSSR count). The second kappa shape index (κ2) is 7.25. The van der Waals surface area contributed by atoms with Crippen LogP contribution in [-0.4, -0.2) is 11.9 Å². The first-order valence-electron chi connectivity index (χ1n) is 8.35. The van der Waals surface area contributed by atoms with Crippen molar-refractivity contribution in [1.29, 1.82) is 0 Å². The van der Waals surface area contributed by atoms with E-state index in [4.69, 9.17) is 27.4 Å². The summed E-state index contributed by atoms with van der Waals surface area (Å²) < 4.78 is 6.19. The van der Waals surface area contributed by atoms with Gasteiger partial charge in [-0.25, -0.2) is 9.98 Å². The van der Waals surface area contributed by atoms with E-state index in [1.807, 2.05) is 62.4 Å². The van der Waals surface area contributed by atoms with Crippen LogP contribution in [-0.2, 0) is 0 Å². The Labute approximate surface area is 157 Å². The van der Waals surface area contributed by atoms with Gasteiger partial charge in [-0.3, -0.25) is 0 Å². The Morgan fingerprint density at radius 3 is 1.26 bits per heavy atom. The lowest BCUT2D eigenvalue weighted by Crippen LogP contribution is -2.21. The molecule has 8 N–H and O–H groups in total. The molecule has 0 amide bonds. The Hall–Kier alpha value is -3.74. The minimum absolute atomic E-state index is 0.0271. The highest BCUT2D eigenvalue weighted by molar-refractivity contribution is 5.80. The zero-order valence-corrected chi connectivity index (χ0v) is 15.2. The lowest BCUT2D eigenvalue weighted by atomic mass is 10.0. The van der Waals surface area contributed by atoms with Crippen LogP contribution >= 0.6 is 0 Å². The summed E-state index contributed by atoms with van der Waals surface area (Å²) in [5, 5.41) is 0.